The van der Waals surface area contributed by atoms with Crippen LogP contribution in [-0.2, 0) is 19.5 Å². The normalized spacial score (nSPS) is 22.9. The molecule has 1 aliphatic carbocycles. The maximum Gasteiger partial charge on any atom is 0.244 e. The van der Waals surface area contributed by atoms with E-state index < -0.39 is 15.8 Å². The van der Waals surface area contributed by atoms with Gasteiger partial charge in [0.25, 0.3) is 0 Å². The Labute approximate surface area is 148 Å². The van der Waals surface area contributed by atoms with Crippen LogP contribution in [0.1, 0.15) is 32.1 Å². The van der Waals surface area contributed by atoms with Crippen molar-refractivity contribution in [2.24, 2.45) is 0 Å². The van der Waals surface area contributed by atoms with E-state index in [0.29, 0.717) is 12.4 Å². The molecule has 8 heteroatoms. The molecule has 1 saturated carbocycles. The Balaban J connectivity index is 1.66. The summed E-state index contributed by atoms with van der Waals surface area (Å²) in [6, 6.07) is 4.66. The first-order valence-corrected chi connectivity index (χ1v) is 10.00. The fourth-order valence-corrected chi connectivity index (χ4v) is 4.59. The van der Waals surface area contributed by atoms with E-state index in [1.807, 2.05) is 0 Å². The molecule has 2 aliphatic rings. The summed E-state index contributed by atoms with van der Waals surface area (Å²) in [5.74, 6) is 0.200. The molecule has 1 atom stereocenters. The highest BCUT2D eigenvalue weighted by atomic mass is 32.2. The summed E-state index contributed by atoms with van der Waals surface area (Å²) in [6.07, 6.45) is 4.82. The summed E-state index contributed by atoms with van der Waals surface area (Å²) in [4.78, 5) is 0.0423. The lowest BCUT2D eigenvalue weighted by atomic mass is 9.94. The fraction of sp³-hybridized carbons (Fsp3) is 0.647. The van der Waals surface area contributed by atoms with Crippen LogP contribution in [0.5, 0.6) is 11.5 Å². The lowest BCUT2D eigenvalue weighted by Gasteiger charge is -2.31. The summed E-state index contributed by atoms with van der Waals surface area (Å²) in [6.45, 7) is 0.558. The molecule has 1 aliphatic heterocycles. The van der Waals surface area contributed by atoms with Crippen LogP contribution in [0.15, 0.2) is 23.1 Å². The molecule has 1 N–H and O–H groups in total. The fourth-order valence-electron chi connectivity index (χ4n) is 3.34. The zero-order chi connectivity index (χ0) is 17.9. The van der Waals surface area contributed by atoms with Gasteiger partial charge in [0.2, 0.25) is 10.0 Å². The number of nitrogens with one attached hydrogen (secondary N) is 1. The molecular formula is C17H25NO6S. The molecule has 25 heavy (non-hydrogen) atoms. The molecule has 0 radical (unpaired) electrons. The number of rotatable bonds is 6. The van der Waals surface area contributed by atoms with Gasteiger partial charge in [-0.2, -0.15) is 0 Å². The van der Waals surface area contributed by atoms with Crippen molar-refractivity contribution in [3.05, 3.63) is 18.2 Å². The summed E-state index contributed by atoms with van der Waals surface area (Å²) in [7, 11) is -0.839. The molecule has 1 saturated heterocycles. The van der Waals surface area contributed by atoms with Crippen LogP contribution in [-0.4, -0.2) is 47.7 Å². The molecule has 0 amide bonds. The first-order valence-electron chi connectivity index (χ1n) is 8.51. The van der Waals surface area contributed by atoms with Gasteiger partial charge < -0.3 is 18.9 Å². The van der Waals surface area contributed by atoms with Crippen molar-refractivity contribution in [3.8, 4) is 11.5 Å². The number of sulfonamides is 1. The van der Waals surface area contributed by atoms with Gasteiger partial charge >= 0.3 is 0 Å². The Hall–Kier alpha value is -1.35. The minimum absolute atomic E-state index is 0.0423. The van der Waals surface area contributed by atoms with Gasteiger partial charge in [0.1, 0.15) is 16.4 Å². The number of hydrogen-bond acceptors (Lipinski definition) is 6. The van der Waals surface area contributed by atoms with E-state index in [2.05, 4.69) is 4.72 Å². The number of methoxy groups -OCH3 is 2. The van der Waals surface area contributed by atoms with Gasteiger partial charge in [-0.1, -0.05) is 6.42 Å². The highest BCUT2D eigenvalue weighted by Gasteiger charge is 2.42. The Morgan fingerprint density at radius 3 is 2.64 bits per heavy atom. The summed E-state index contributed by atoms with van der Waals surface area (Å²) < 4.78 is 50.1. The number of hydrogen-bond donors (Lipinski definition) is 1. The maximum absolute atomic E-state index is 12.7. The molecule has 3 rings (SSSR count). The Bertz CT molecular complexity index is 699. The van der Waals surface area contributed by atoms with Crippen molar-refractivity contribution in [1.82, 2.24) is 4.72 Å². The molecular weight excluding hydrogens is 346 g/mol. The molecule has 1 aromatic rings. The van der Waals surface area contributed by atoms with E-state index >= 15 is 0 Å². The van der Waals surface area contributed by atoms with E-state index in [9.17, 15) is 8.42 Å². The SMILES string of the molecule is COc1ccc(OC)c(S(=O)(=O)NC[C@H]2COC3(CCCCC3)O2)c1. The van der Waals surface area contributed by atoms with Gasteiger partial charge in [-0.25, -0.2) is 13.1 Å². The third-order valence-electron chi connectivity index (χ3n) is 4.69. The average Bonchev–Trinajstić information content (AvgIpc) is 3.02. The zero-order valence-electron chi connectivity index (χ0n) is 14.6. The van der Waals surface area contributed by atoms with E-state index in [-0.39, 0.29) is 23.3 Å². The summed E-state index contributed by atoms with van der Waals surface area (Å²) in [5.41, 5.74) is 0. The standard InChI is InChI=1S/C17H25NO6S/c1-21-13-6-7-15(22-2)16(10-13)25(19,20)18-11-14-12-23-17(24-14)8-4-3-5-9-17/h6-7,10,14,18H,3-5,8-9,11-12H2,1-2H3/t14-/m0/s1. The Morgan fingerprint density at radius 1 is 1.20 bits per heavy atom. The topological polar surface area (TPSA) is 83.1 Å². The van der Waals surface area contributed by atoms with E-state index in [1.165, 1.54) is 26.7 Å². The summed E-state index contributed by atoms with van der Waals surface area (Å²) in [5, 5.41) is 0. The largest absolute Gasteiger partial charge is 0.497 e. The van der Waals surface area contributed by atoms with Crippen molar-refractivity contribution in [1.29, 1.82) is 0 Å². The molecule has 0 unspecified atom stereocenters. The van der Waals surface area contributed by atoms with Gasteiger partial charge in [-0.15, -0.1) is 0 Å². The molecule has 140 valence electrons. The zero-order valence-corrected chi connectivity index (χ0v) is 15.4. The van der Waals surface area contributed by atoms with Crippen LogP contribution in [0.4, 0.5) is 0 Å². The third kappa shape index (κ3) is 4.08. The molecule has 0 aromatic heterocycles. The van der Waals surface area contributed by atoms with Crippen molar-refractivity contribution in [3.63, 3.8) is 0 Å². The third-order valence-corrected chi connectivity index (χ3v) is 6.14. The van der Waals surface area contributed by atoms with E-state index in [4.69, 9.17) is 18.9 Å². The highest BCUT2D eigenvalue weighted by Crippen LogP contribution is 2.37. The van der Waals surface area contributed by atoms with Crippen molar-refractivity contribution in [2.45, 2.75) is 48.9 Å². The second-order valence-corrected chi connectivity index (χ2v) is 8.13. The Morgan fingerprint density at radius 2 is 1.96 bits per heavy atom. The van der Waals surface area contributed by atoms with Gasteiger partial charge in [-0.3, -0.25) is 0 Å². The first kappa shape index (κ1) is 18.4. The predicted molar refractivity (Wildman–Crippen MR) is 91.4 cm³/mol. The smallest absolute Gasteiger partial charge is 0.244 e. The van der Waals surface area contributed by atoms with Gasteiger partial charge in [0.05, 0.1) is 26.9 Å². The molecule has 1 aromatic carbocycles. The second kappa shape index (κ2) is 7.49. The first-order chi connectivity index (χ1) is 12.0. The van der Waals surface area contributed by atoms with E-state index in [0.717, 1.165) is 25.7 Å². The van der Waals surface area contributed by atoms with Crippen molar-refractivity contribution >= 4 is 10.0 Å². The molecule has 1 spiro atoms. The Kier molecular flexibility index (Phi) is 5.52. The number of benzene rings is 1. The van der Waals surface area contributed by atoms with Crippen LogP contribution >= 0.6 is 0 Å². The molecule has 1 heterocycles. The molecule has 2 fully saturated rings. The van der Waals surface area contributed by atoms with Gasteiger partial charge in [-0.05, 0) is 25.0 Å². The van der Waals surface area contributed by atoms with Crippen LogP contribution in [0.25, 0.3) is 0 Å². The second-order valence-electron chi connectivity index (χ2n) is 6.39. The average molecular weight is 371 g/mol. The minimum Gasteiger partial charge on any atom is -0.497 e. The van der Waals surface area contributed by atoms with Gasteiger partial charge in [0.15, 0.2) is 5.79 Å². The summed E-state index contributed by atoms with van der Waals surface area (Å²) >= 11 is 0. The lowest BCUT2D eigenvalue weighted by molar-refractivity contribution is -0.186. The van der Waals surface area contributed by atoms with Crippen LogP contribution < -0.4 is 14.2 Å². The highest BCUT2D eigenvalue weighted by molar-refractivity contribution is 7.89. The molecule has 7 nitrogen and oxygen atoms in total. The van der Waals surface area contributed by atoms with Crippen LogP contribution in [0.3, 0.4) is 0 Å². The quantitative estimate of drug-likeness (QED) is 0.824. The van der Waals surface area contributed by atoms with Gasteiger partial charge in [0, 0.05) is 25.5 Å². The monoisotopic (exact) mass is 371 g/mol. The van der Waals surface area contributed by atoms with Crippen LogP contribution in [0.2, 0.25) is 0 Å². The predicted octanol–water partition coefficient (Wildman–Crippen LogP) is 2.06. The van der Waals surface area contributed by atoms with Crippen LogP contribution in [0, 0.1) is 0 Å². The molecule has 0 bridgehead atoms. The minimum atomic E-state index is -3.76. The number of ether oxygens (including phenoxy) is 4. The van der Waals surface area contributed by atoms with Crippen molar-refractivity contribution in [2.75, 3.05) is 27.4 Å². The maximum atomic E-state index is 12.7. The van der Waals surface area contributed by atoms with E-state index in [1.54, 1.807) is 12.1 Å². The van der Waals surface area contributed by atoms with Crippen molar-refractivity contribution < 1.29 is 27.4 Å². The lowest BCUT2D eigenvalue weighted by Crippen LogP contribution is -2.37.